The van der Waals surface area contributed by atoms with Crippen LogP contribution >= 0.6 is 35.0 Å². The van der Waals surface area contributed by atoms with E-state index >= 15 is 0 Å². The van der Waals surface area contributed by atoms with E-state index in [9.17, 15) is 9.59 Å². The third-order valence-electron chi connectivity index (χ3n) is 3.69. The Morgan fingerprint density at radius 2 is 2.04 bits per heavy atom. The number of benzene rings is 1. The summed E-state index contributed by atoms with van der Waals surface area (Å²) in [5, 5.41) is 6.23. The lowest BCUT2D eigenvalue weighted by Gasteiger charge is -2.18. The Kier molecular flexibility index (Phi) is 8.34. The van der Waals surface area contributed by atoms with Crippen molar-refractivity contribution in [3.8, 4) is 0 Å². The van der Waals surface area contributed by atoms with Gasteiger partial charge in [0, 0.05) is 11.2 Å². The van der Waals surface area contributed by atoms with Crippen LogP contribution < -0.4 is 10.6 Å². The lowest BCUT2D eigenvalue weighted by atomic mass is 10.1. The van der Waals surface area contributed by atoms with Crippen molar-refractivity contribution in [3.63, 3.8) is 0 Å². The highest BCUT2D eigenvalue weighted by atomic mass is 35.5. The van der Waals surface area contributed by atoms with Crippen LogP contribution in [-0.4, -0.2) is 39.8 Å². The molecule has 2 aromatic rings. The number of carbonyl (C=O) groups is 2. The van der Waals surface area contributed by atoms with Crippen molar-refractivity contribution in [2.24, 2.45) is 0 Å². The number of aromatic nitrogens is 2. The molecule has 0 radical (unpaired) electrons. The Labute approximate surface area is 172 Å². The monoisotopic (exact) mass is 426 g/mol. The van der Waals surface area contributed by atoms with Gasteiger partial charge in [-0.3, -0.25) is 9.59 Å². The number of hydrogen-bond donors (Lipinski definition) is 2. The van der Waals surface area contributed by atoms with Crippen LogP contribution in [0.1, 0.15) is 28.3 Å². The summed E-state index contributed by atoms with van der Waals surface area (Å²) in [7, 11) is 0. The number of carbonyl (C=O) groups excluding carboxylic acids is 2. The van der Waals surface area contributed by atoms with Gasteiger partial charge >= 0.3 is 0 Å². The fourth-order valence-electron chi connectivity index (χ4n) is 2.32. The second-order valence-electron chi connectivity index (χ2n) is 5.74. The Hall–Kier alpha value is -1.83. The van der Waals surface area contributed by atoms with E-state index in [0.29, 0.717) is 23.0 Å². The minimum atomic E-state index is -0.681. The molecule has 0 bridgehead atoms. The Balaban J connectivity index is 2.04. The molecule has 1 aromatic heterocycles. The van der Waals surface area contributed by atoms with Gasteiger partial charge in [0.25, 0.3) is 5.91 Å². The summed E-state index contributed by atoms with van der Waals surface area (Å²) in [5.74, 6) is 0.653. The summed E-state index contributed by atoms with van der Waals surface area (Å²) in [6.45, 7) is 2.04. The lowest BCUT2D eigenvalue weighted by Crippen LogP contribution is -2.47. The lowest BCUT2D eigenvalue weighted by molar-refractivity contribution is -0.123. The number of nitrogens with one attached hydrogen (secondary N) is 2. The zero-order valence-corrected chi connectivity index (χ0v) is 17.3. The van der Waals surface area contributed by atoms with Crippen molar-refractivity contribution in [1.29, 1.82) is 0 Å². The van der Waals surface area contributed by atoms with Crippen LogP contribution in [0.25, 0.3) is 0 Å². The van der Waals surface area contributed by atoms with Crippen molar-refractivity contribution < 1.29 is 9.59 Å². The maximum Gasteiger partial charge on any atom is 0.253 e. The molecule has 0 saturated heterocycles. The number of thioether (sulfide) groups is 1. The standard InChI is InChI=1S/C18H20Cl2N4O2S/c1-11-21-7-5-13(23-11)10-22-18(26)16(6-8-27-2)24-17(25)14-4-3-12(19)9-15(14)20/h3-5,7,9,16H,6,8,10H2,1-2H3,(H,22,26)(H,24,25). The third-order valence-corrected chi connectivity index (χ3v) is 4.88. The predicted octanol–water partition coefficient (Wildman–Crippen LogP) is 3.26. The average molecular weight is 427 g/mol. The number of aryl methyl sites for hydroxylation is 1. The number of rotatable bonds is 8. The first kappa shape index (κ1) is 21.5. The van der Waals surface area contributed by atoms with Crippen LogP contribution in [0, 0.1) is 6.92 Å². The second-order valence-corrected chi connectivity index (χ2v) is 7.57. The molecular formula is C18H20Cl2N4O2S. The van der Waals surface area contributed by atoms with Crippen LogP contribution in [0.5, 0.6) is 0 Å². The van der Waals surface area contributed by atoms with E-state index in [2.05, 4.69) is 20.6 Å². The van der Waals surface area contributed by atoms with Crippen LogP contribution in [0.3, 0.4) is 0 Å². The minimum absolute atomic E-state index is 0.237. The van der Waals surface area contributed by atoms with Crippen molar-refractivity contribution in [2.45, 2.75) is 25.9 Å². The summed E-state index contributed by atoms with van der Waals surface area (Å²) in [5.41, 5.74) is 0.973. The van der Waals surface area contributed by atoms with Gasteiger partial charge in [0.1, 0.15) is 11.9 Å². The molecule has 2 N–H and O–H groups in total. The first-order valence-electron chi connectivity index (χ1n) is 8.21. The summed E-state index contributed by atoms with van der Waals surface area (Å²) in [4.78, 5) is 33.4. The van der Waals surface area contributed by atoms with Gasteiger partial charge in [-0.2, -0.15) is 11.8 Å². The molecule has 6 nitrogen and oxygen atoms in total. The molecule has 0 spiro atoms. The first-order chi connectivity index (χ1) is 12.9. The van der Waals surface area contributed by atoms with Crippen molar-refractivity contribution in [1.82, 2.24) is 20.6 Å². The summed E-state index contributed by atoms with van der Waals surface area (Å²) >= 11 is 13.5. The maximum atomic E-state index is 12.6. The highest BCUT2D eigenvalue weighted by Gasteiger charge is 2.22. The molecule has 0 aliphatic rings. The zero-order chi connectivity index (χ0) is 19.8. The Bertz CT molecular complexity index is 820. The van der Waals surface area contributed by atoms with E-state index in [1.54, 1.807) is 37.0 Å². The van der Waals surface area contributed by atoms with E-state index in [1.807, 2.05) is 6.26 Å². The molecule has 1 heterocycles. The highest BCUT2D eigenvalue weighted by Crippen LogP contribution is 2.21. The quantitative estimate of drug-likeness (QED) is 0.676. The minimum Gasteiger partial charge on any atom is -0.349 e. The maximum absolute atomic E-state index is 12.6. The van der Waals surface area contributed by atoms with E-state index < -0.39 is 11.9 Å². The Morgan fingerprint density at radius 3 is 2.70 bits per heavy atom. The Morgan fingerprint density at radius 1 is 1.26 bits per heavy atom. The predicted molar refractivity (Wildman–Crippen MR) is 109 cm³/mol. The number of amides is 2. The SMILES string of the molecule is CSCCC(NC(=O)c1ccc(Cl)cc1Cl)C(=O)NCc1ccnc(C)n1. The van der Waals surface area contributed by atoms with E-state index in [-0.39, 0.29) is 23.0 Å². The molecule has 0 fully saturated rings. The van der Waals surface area contributed by atoms with Gasteiger partial charge < -0.3 is 10.6 Å². The highest BCUT2D eigenvalue weighted by molar-refractivity contribution is 7.98. The van der Waals surface area contributed by atoms with Crippen molar-refractivity contribution in [2.75, 3.05) is 12.0 Å². The van der Waals surface area contributed by atoms with Gasteiger partial charge in [0.05, 0.1) is 22.8 Å². The van der Waals surface area contributed by atoms with Crippen molar-refractivity contribution >= 4 is 46.8 Å². The number of hydrogen-bond acceptors (Lipinski definition) is 5. The first-order valence-corrected chi connectivity index (χ1v) is 10.4. The zero-order valence-electron chi connectivity index (χ0n) is 15.0. The fourth-order valence-corrected chi connectivity index (χ4v) is 3.28. The van der Waals surface area contributed by atoms with E-state index in [0.717, 1.165) is 5.75 Å². The van der Waals surface area contributed by atoms with Crippen molar-refractivity contribution in [3.05, 3.63) is 57.6 Å². The molecule has 1 atom stereocenters. The van der Waals surface area contributed by atoms with Gasteiger partial charge in [0.15, 0.2) is 0 Å². The number of nitrogens with zero attached hydrogens (tertiary/aromatic N) is 2. The van der Waals surface area contributed by atoms with Gasteiger partial charge in [0.2, 0.25) is 5.91 Å². The van der Waals surface area contributed by atoms with E-state index in [4.69, 9.17) is 23.2 Å². The summed E-state index contributed by atoms with van der Waals surface area (Å²) in [6, 6.07) is 5.66. The summed E-state index contributed by atoms with van der Waals surface area (Å²) in [6.07, 6.45) is 4.07. The normalized spacial score (nSPS) is 11.7. The molecule has 9 heteroatoms. The number of halogens is 2. The molecule has 0 aliphatic carbocycles. The molecule has 144 valence electrons. The van der Waals surface area contributed by atoms with Gasteiger partial charge in [-0.1, -0.05) is 23.2 Å². The molecule has 1 aromatic carbocycles. The summed E-state index contributed by atoms with van der Waals surface area (Å²) < 4.78 is 0. The van der Waals surface area contributed by atoms with Crippen LogP contribution in [0.4, 0.5) is 0 Å². The average Bonchev–Trinajstić information content (AvgIpc) is 2.63. The second kappa shape index (κ2) is 10.5. The van der Waals surface area contributed by atoms with Gasteiger partial charge in [-0.15, -0.1) is 0 Å². The smallest absolute Gasteiger partial charge is 0.253 e. The molecule has 0 saturated carbocycles. The molecule has 1 unspecified atom stereocenters. The van der Waals surface area contributed by atoms with Gasteiger partial charge in [-0.05, 0) is 49.6 Å². The molecular weight excluding hydrogens is 407 g/mol. The van der Waals surface area contributed by atoms with Crippen LogP contribution in [0.15, 0.2) is 30.5 Å². The van der Waals surface area contributed by atoms with Crippen LogP contribution in [-0.2, 0) is 11.3 Å². The van der Waals surface area contributed by atoms with E-state index in [1.165, 1.54) is 12.1 Å². The van der Waals surface area contributed by atoms with Gasteiger partial charge in [-0.25, -0.2) is 9.97 Å². The molecule has 27 heavy (non-hydrogen) atoms. The fraction of sp³-hybridized carbons (Fsp3) is 0.333. The molecule has 0 aliphatic heterocycles. The largest absolute Gasteiger partial charge is 0.349 e. The molecule has 2 rings (SSSR count). The third kappa shape index (κ3) is 6.68. The molecule has 2 amide bonds. The topological polar surface area (TPSA) is 84.0 Å². The van der Waals surface area contributed by atoms with Crippen LogP contribution in [0.2, 0.25) is 10.0 Å².